The van der Waals surface area contributed by atoms with Crippen molar-refractivity contribution in [3.05, 3.63) is 29.3 Å². The Hall–Kier alpha value is -2.12. The van der Waals surface area contributed by atoms with Crippen LogP contribution in [0.4, 0.5) is 5.69 Å². The van der Waals surface area contributed by atoms with Gasteiger partial charge in [0, 0.05) is 39.0 Å². The molecule has 4 rings (SSSR count). The van der Waals surface area contributed by atoms with E-state index in [-0.39, 0.29) is 12.1 Å². The highest BCUT2D eigenvalue weighted by Crippen LogP contribution is 2.31. The van der Waals surface area contributed by atoms with Gasteiger partial charge in [-0.25, -0.2) is 0 Å². The van der Waals surface area contributed by atoms with Gasteiger partial charge in [-0.15, -0.1) is 0 Å². The predicted molar refractivity (Wildman–Crippen MR) is 117 cm³/mol. The van der Waals surface area contributed by atoms with E-state index in [9.17, 15) is 9.59 Å². The number of hydrogen-bond donors (Lipinski definition) is 2. The number of amides is 2. The second-order valence-electron chi connectivity index (χ2n) is 8.73. The van der Waals surface area contributed by atoms with Gasteiger partial charge >= 0.3 is 11.8 Å². The van der Waals surface area contributed by atoms with Crippen LogP contribution < -0.4 is 15.5 Å². The Morgan fingerprint density at radius 1 is 1.10 bits per heavy atom. The van der Waals surface area contributed by atoms with Gasteiger partial charge in [0.05, 0.1) is 12.1 Å². The quantitative estimate of drug-likeness (QED) is 0.692. The number of likely N-dealkylation sites (tertiary alicyclic amines) is 1. The minimum Gasteiger partial charge on any atom is -0.376 e. The Kier molecular flexibility index (Phi) is 6.89. The second kappa shape index (κ2) is 9.79. The van der Waals surface area contributed by atoms with Crippen LogP contribution in [0, 0.1) is 0 Å². The Labute approximate surface area is 179 Å². The van der Waals surface area contributed by atoms with Crippen LogP contribution in [0.15, 0.2) is 18.2 Å². The highest BCUT2D eigenvalue weighted by atomic mass is 16.5. The first-order valence-corrected chi connectivity index (χ1v) is 11.4. The molecule has 2 fully saturated rings. The maximum atomic E-state index is 12.4. The first kappa shape index (κ1) is 21.1. The number of aryl methyl sites for hydroxylation is 1. The lowest BCUT2D eigenvalue weighted by molar-refractivity contribution is -0.139. The lowest BCUT2D eigenvalue weighted by Crippen LogP contribution is -2.45. The van der Waals surface area contributed by atoms with Crippen LogP contribution in [0.5, 0.6) is 0 Å². The number of benzene rings is 1. The first-order valence-electron chi connectivity index (χ1n) is 11.4. The molecule has 0 spiro atoms. The molecule has 7 heteroatoms. The summed E-state index contributed by atoms with van der Waals surface area (Å²) < 4.78 is 5.50. The lowest BCUT2D eigenvalue weighted by Gasteiger charge is -2.31. The Morgan fingerprint density at radius 2 is 1.90 bits per heavy atom. The summed E-state index contributed by atoms with van der Waals surface area (Å²) in [5, 5.41) is 5.59. The molecule has 2 atom stereocenters. The highest BCUT2D eigenvalue weighted by Gasteiger charge is 2.27. The monoisotopic (exact) mass is 414 g/mol. The van der Waals surface area contributed by atoms with Crippen molar-refractivity contribution in [3.8, 4) is 0 Å². The van der Waals surface area contributed by atoms with E-state index in [1.54, 1.807) is 0 Å². The molecular formula is C23H34N4O3. The van der Waals surface area contributed by atoms with Crippen LogP contribution in [0.25, 0.3) is 0 Å². The predicted octanol–water partition coefficient (Wildman–Crippen LogP) is 1.62. The van der Waals surface area contributed by atoms with E-state index in [2.05, 4.69) is 45.7 Å². The Bertz CT molecular complexity index is 757. The van der Waals surface area contributed by atoms with Gasteiger partial charge in [0.25, 0.3) is 0 Å². The Morgan fingerprint density at radius 3 is 2.67 bits per heavy atom. The summed E-state index contributed by atoms with van der Waals surface area (Å²) in [6.07, 6.45) is 6.61. The van der Waals surface area contributed by atoms with E-state index in [4.69, 9.17) is 4.74 Å². The molecule has 1 aromatic carbocycles. The highest BCUT2D eigenvalue weighted by molar-refractivity contribution is 6.35. The largest absolute Gasteiger partial charge is 0.376 e. The minimum absolute atomic E-state index is 0.0349. The molecule has 0 radical (unpaired) electrons. The number of anilines is 1. The van der Waals surface area contributed by atoms with Gasteiger partial charge in [-0.05, 0) is 68.8 Å². The number of carbonyl (C=O) groups is 2. The molecule has 2 N–H and O–H groups in total. The third-order valence-electron chi connectivity index (χ3n) is 6.60. The van der Waals surface area contributed by atoms with Crippen LogP contribution in [-0.2, 0) is 20.7 Å². The summed E-state index contributed by atoms with van der Waals surface area (Å²) in [5.41, 5.74) is 3.92. The van der Waals surface area contributed by atoms with Crippen molar-refractivity contribution in [1.29, 1.82) is 0 Å². The number of fused-ring (bicyclic) bond motifs is 1. The third-order valence-corrected chi connectivity index (χ3v) is 6.60. The molecule has 3 aliphatic heterocycles. The second-order valence-corrected chi connectivity index (χ2v) is 8.73. The summed E-state index contributed by atoms with van der Waals surface area (Å²) in [7, 11) is 2.14. The fourth-order valence-electron chi connectivity index (χ4n) is 4.89. The van der Waals surface area contributed by atoms with Crippen molar-refractivity contribution >= 4 is 17.5 Å². The van der Waals surface area contributed by atoms with Crippen LogP contribution in [0.2, 0.25) is 0 Å². The van der Waals surface area contributed by atoms with Crippen LogP contribution in [-0.4, -0.2) is 69.2 Å². The molecule has 7 nitrogen and oxygen atoms in total. The van der Waals surface area contributed by atoms with Gasteiger partial charge in [-0.2, -0.15) is 0 Å². The van der Waals surface area contributed by atoms with Gasteiger partial charge in [0.15, 0.2) is 0 Å². The van der Waals surface area contributed by atoms with E-state index >= 15 is 0 Å². The molecule has 30 heavy (non-hydrogen) atoms. The van der Waals surface area contributed by atoms with Crippen molar-refractivity contribution in [1.82, 2.24) is 15.5 Å². The fraction of sp³-hybridized carbons (Fsp3) is 0.652. The Balaban J connectivity index is 1.39. The maximum Gasteiger partial charge on any atom is 0.309 e. The van der Waals surface area contributed by atoms with Crippen LogP contribution in [0.1, 0.15) is 49.3 Å². The molecule has 3 heterocycles. The van der Waals surface area contributed by atoms with Gasteiger partial charge < -0.3 is 20.3 Å². The average molecular weight is 415 g/mol. The van der Waals surface area contributed by atoms with E-state index in [1.165, 1.54) is 36.1 Å². The fourth-order valence-corrected chi connectivity index (χ4v) is 4.89. The van der Waals surface area contributed by atoms with Crippen molar-refractivity contribution < 1.29 is 14.3 Å². The number of carbonyl (C=O) groups excluding carboxylic acids is 2. The van der Waals surface area contributed by atoms with E-state index in [0.29, 0.717) is 13.1 Å². The van der Waals surface area contributed by atoms with E-state index in [0.717, 1.165) is 45.5 Å². The molecule has 2 saturated heterocycles. The molecule has 0 unspecified atom stereocenters. The zero-order chi connectivity index (χ0) is 20.9. The van der Waals surface area contributed by atoms with Crippen LogP contribution in [0.3, 0.4) is 0 Å². The summed E-state index contributed by atoms with van der Waals surface area (Å²) in [6, 6.07) is 6.80. The van der Waals surface area contributed by atoms with Crippen molar-refractivity contribution in [2.75, 3.05) is 51.3 Å². The number of nitrogens with zero attached hydrogens (tertiary/aromatic N) is 2. The third kappa shape index (κ3) is 4.95. The van der Waals surface area contributed by atoms with Gasteiger partial charge in [-0.1, -0.05) is 12.1 Å². The van der Waals surface area contributed by atoms with E-state index < -0.39 is 11.8 Å². The smallest absolute Gasteiger partial charge is 0.309 e. The minimum atomic E-state index is -0.572. The number of nitrogens with one attached hydrogen (secondary N) is 2. The molecule has 3 aliphatic rings. The maximum absolute atomic E-state index is 12.4. The topological polar surface area (TPSA) is 73.9 Å². The number of hydrogen-bond acceptors (Lipinski definition) is 5. The molecule has 0 aliphatic carbocycles. The van der Waals surface area contributed by atoms with Gasteiger partial charge in [0.1, 0.15) is 0 Å². The normalized spacial score (nSPS) is 22.6. The van der Waals surface area contributed by atoms with Crippen molar-refractivity contribution in [2.45, 2.75) is 50.7 Å². The molecule has 164 valence electrons. The molecule has 0 bridgehead atoms. The van der Waals surface area contributed by atoms with E-state index in [1.807, 2.05) is 0 Å². The summed E-state index contributed by atoms with van der Waals surface area (Å²) >= 11 is 0. The van der Waals surface area contributed by atoms with Crippen molar-refractivity contribution in [2.24, 2.45) is 0 Å². The van der Waals surface area contributed by atoms with Gasteiger partial charge in [0.2, 0.25) is 0 Å². The number of rotatable bonds is 6. The summed E-state index contributed by atoms with van der Waals surface area (Å²) in [5.74, 6) is -1.13. The molecule has 0 aromatic heterocycles. The molecular weight excluding hydrogens is 380 g/mol. The number of ether oxygens (including phenoxy) is 1. The summed E-state index contributed by atoms with van der Waals surface area (Å²) in [4.78, 5) is 29.3. The van der Waals surface area contributed by atoms with Crippen LogP contribution >= 0.6 is 0 Å². The summed E-state index contributed by atoms with van der Waals surface area (Å²) in [6.45, 7) is 4.74. The zero-order valence-corrected chi connectivity index (χ0v) is 18.0. The molecule has 2 amide bonds. The zero-order valence-electron chi connectivity index (χ0n) is 18.0. The van der Waals surface area contributed by atoms with Crippen molar-refractivity contribution in [3.63, 3.8) is 0 Å². The SMILES string of the molecule is CN1CCCc2cc([C@H](CNC(=O)C(=O)NC[C@@H]3CCCO3)N3CCCC3)ccc21. The first-order chi connectivity index (χ1) is 14.6. The standard InChI is InChI=1S/C23H34N4O3/c1-26-10-4-6-17-14-18(8-9-20(17)26)21(27-11-2-3-12-27)16-25-23(29)22(28)24-15-19-7-5-13-30-19/h8-9,14,19,21H,2-7,10-13,15-16H2,1H3,(H,24,28)(H,25,29)/t19-,21-/m0/s1. The lowest BCUT2D eigenvalue weighted by atomic mass is 9.96. The average Bonchev–Trinajstić information content (AvgIpc) is 3.46. The molecule has 1 aromatic rings. The van der Waals surface area contributed by atoms with Gasteiger partial charge in [-0.3, -0.25) is 14.5 Å². The molecule has 0 saturated carbocycles.